The van der Waals surface area contributed by atoms with E-state index in [1.807, 2.05) is 41.3 Å². The first-order valence-electron chi connectivity index (χ1n) is 9.96. The molecule has 0 radical (unpaired) electrons. The van der Waals surface area contributed by atoms with E-state index in [0.717, 1.165) is 42.9 Å². The number of carbonyl (C=O) groups excluding carboxylic acids is 1. The molecule has 2 aliphatic heterocycles. The summed E-state index contributed by atoms with van der Waals surface area (Å²) in [6.07, 6.45) is 5.03. The molecule has 1 aromatic heterocycles. The third kappa shape index (κ3) is 3.72. The van der Waals surface area contributed by atoms with Crippen LogP contribution in [0.2, 0.25) is 0 Å². The first-order chi connectivity index (χ1) is 13.6. The largest absolute Gasteiger partial charge is 0.481 e. The molecule has 2 aromatic rings. The van der Waals surface area contributed by atoms with Crippen molar-refractivity contribution in [2.45, 2.75) is 25.7 Å². The molecule has 0 unspecified atom stereocenters. The maximum Gasteiger partial charge on any atom is 0.306 e. The summed E-state index contributed by atoms with van der Waals surface area (Å²) >= 11 is 0. The molecule has 2 saturated heterocycles. The zero-order valence-electron chi connectivity index (χ0n) is 15.9. The van der Waals surface area contributed by atoms with Gasteiger partial charge in [-0.2, -0.15) is 0 Å². The lowest BCUT2D eigenvalue weighted by molar-refractivity contribution is -0.142. The first-order valence-corrected chi connectivity index (χ1v) is 9.96. The Kier molecular flexibility index (Phi) is 5.28. The highest BCUT2D eigenvalue weighted by Gasteiger charge is 2.27. The highest BCUT2D eigenvalue weighted by molar-refractivity contribution is 6.01. The van der Waals surface area contributed by atoms with E-state index in [4.69, 9.17) is 0 Å². The van der Waals surface area contributed by atoms with Gasteiger partial charge in [0, 0.05) is 32.4 Å². The Morgan fingerprint density at radius 2 is 1.68 bits per heavy atom. The van der Waals surface area contributed by atoms with Crippen LogP contribution in [0, 0.1) is 5.92 Å². The van der Waals surface area contributed by atoms with Crippen molar-refractivity contribution in [1.82, 2.24) is 9.88 Å². The normalized spacial score (nSPS) is 17.7. The molecule has 2 fully saturated rings. The predicted molar refractivity (Wildman–Crippen MR) is 107 cm³/mol. The Balaban J connectivity index is 1.65. The van der Waals surface area contributed by atoms with Crippen LogP contribution in [0.4, 0.5) is 5.82 Å². The average Bonchev–Trinajstić information content (AvgIpc) is 3.28. The average molecular weight is 379 g/mol. The third-order valence-electron chi connectivity index (χ3n) is 5.77. The summed E-state index contributed by atoms with van der Waals surface area (Å²) in [5, 5.41) is 9.21. The molecular formula is C22H25N3O3. The topological polar surface area (TPSA) is 73.7 Å². The SMILES string of the molecule is O=C(O)C1CCN(c2cc(-c3ccccc3)c(C(=O)N3CCCC3)cn2)CC1. The number of pyridine rings is 1. The number of hydrogen-bond donors (Lipinski definition) is 1. The van der Waals surface area contributed by atoms with E-state index in [9.17, 15) is 14.7 Å². The Labute approximate surface area is 164 Å². The highest BCUT2D eigenvalue weighted by Crippen LogP contribution is 2.30. The van der Waals surface area contributed by atoms with Gasteiger partial charge in [0.2, 0.25) is 0 Å². The Bertz CT molecular complexity index is 855. The summed E-state index contributed by atoms with van der Waals surface area (Å²) in [6.45, 7) is 2.93. The summed E-state index contributed by atoms with van der Waals surface area (Å²) in [4.78, 5) is 32.9. The van der Waals surface area contributed by atoms with E-state index in [2.05, 4.69) is 9.88 Å². The fraction of sp³-hybridized carbons (Fsp3) is 0.409. The van der Waals surface area contributed by atoms with Crippen LogP contribution < -0.4 is 4.90 Å². The number of aliphatic carboxylic acids is 1. The van der Waals surface area contributed by atoms with E-state index >= 15 is 0 Å². The quantitative estimate of drug-likeness (QED) is 0.882. The van der Waals surface area contributed by atoms with Gasteiger partial charge in [-0.25, -0.2) is 4.98 Å². The molecule has 6 heteroatoms. The molecule has 0 atom stereocenters. The van der Waals surface area contributed by atoms with Crippen molar-refractivity contribution in [2.75, 3.05) is 31.1 Å². The van der Waals surface area contributed by atoms with E-state index in [1.54, 1.807) is 6.20 Å². The molecule has 0 bridgehead atoms. The lowest BCUT2D eigenvalue weighted by atomic mass is 9.96. The van der Waals surface area contributed by atoms with Crippen LogP contribution in [0.5, 0.6) is 0 Å². The van der Waals surface area contributed by atoms with Crippen molar-refractivity contribution >= 4 is 17.7 Å². The van der Waals surface area contributed by atoms with Crippen molar-refractivity contribution in [2.24, 2.45) is 5.92 Å². The number of likely N-dealkylation sites (tertiary alicyclic amines) is 1. The molecule has 4 rings (SSSR count). The molecule has 1 N–H and O–H groups in total. The maximum atomic E-state index is 13.1. The minimum atomic E-state index is -0.718. The van der Waals surface area contributed by atoms with Crippen molar-refractivity contribution in [3.8, 4) is 11.1 Å². The third-order valence-corrected chi connectivity index (χ3v) is 5.77. The monoisotopic (exact) mass is 379 g/mol. The number of carboxylic acids is 1. The van der Waals surface area contributed by atoms with E-state index < -0.39 is 5.97 Å². The smallest absolute Gasteiger partial charge is 0.306 e. The minimum Gasteiger partial charge on any atom is -0.481 e. The summed E-state index contributed by atoms with van der Waals surface area (Å²) in [7, 11) is 0. The Morgan fingerprint density at radius 3 is 2.32 bits per heavy atom. The number of amides is 1. The van der Waals surface area contributed by atoms with Gasteiger partial charge in [-0.15, -0.1) is 0 Å². The van der Waals surface area contributed by atoms with Crippen LogP contribution in [0.15, 0.2) is 42.6 Å². The minimum absolute atomic E-state index is 0.0417. The van der Waals surface area contributed by atoms with Crippen LogP contribution in [0.1, 0.15) is 36.0 Å². The predicted octanol–water partition coefficient (Wildman–Crippen LogP) is 3.29. The van der Waals surface area contributed by atoms with E-state index in [-0.39, 0.29) is 11.8 Å². The van der Waals surface area contributed by atoms with Crippen molar-refractivity contribution in [3.63, 3.8) is 0 Å². The number of carboxylic acid groups (broad SMARTS) is 1. The fourth-order valence-corrected chi connectivity index (χ4v) is 4.09. The molecule has 28 heavy (non-hydrogen) atoms. The lowest BCUT2D eigenvalue weighted by Crippen LogP contribution is -2.37. The number of benzene rings is 1. The molecule has 0 aliphatic carbocycles. The molecule has 146 valence electrons. The van der Waals surface area contributed by atoms with Gasteiger partial charge in [0.05, 0.1) is 11.5 Å². The number of hydrogen-bond acceptors (Lipinski definition) is 4. The number of anilines is 1. The van der Waals surface area contributed by atoms with Gasteiger partial charge in [0.25, 0.3) is 5.91 Å². The lowest BCUT2D eigenvalue weighted by Gasteiger charge is -2.31. The second-order valence-electron chi connectivity index (χ2n) is 7.55. The number of rotatable bonds is 4. The van der Waals surface area contributed by atoms with Crippen molar-refractivity contribution in [3.05, 3.63) is 48.2 Å². The maximum absolute atomic E-state index is 13.1. The Morgan fingerprint density at radius 1 is 1.00 bits per heavy atom. The van der Waals surface area contributed by atoms with Gasteiger partial charge in [-0.1, -0.05) is 30.3 Å². The van der Waals surface area contributed by atoms with Crippen molar-refractivity contribution < 1.29 is 14.7 Å². The summed E-state index contributed by atoms with van der Waals surface area (Å²) in [5.74, 6) is -0.148. The Hall–Kier alpha value is -2.89. The number of carbonyl (C=O) groups is 2. The zero-order valence-corrected chi connectivity index (χ0v) is 15.9. The molecule has 1 aromatic carbocycles. The molecule has 0 saturated carbocycles. The molecule has 6 nitrogen and oxygen atoms in total. The molecule has 3 heterocycles. The second-order valence-corrected chi connectivity index (χ2v) is 7.55. The second kappa shape index (κ2) is 8.00. The van der Waals surface area contributed by atoms with Crippen molar-refractivity contribution in [1.29, 1.82) is 0 Å². The van der Waals surface area contributed by atoms with Crippen LogP contribution in [0.3, 0.4) is 0 Å². The molecule has 0 spiro atoms. The molecule has 1 amide bonds. The van der Waals surface area contributed by atoms with Gasteiger partial charge < -0.3 is 14.9 Å². The standard InChI is InChI=1S/C22H25N3O3/c26-21(25-10-4-5-11-25)19-15-23-20(14-18(19)16-6-2-1-3-7-16)24-12-8-17(9-13-24)22(27)28/h1-3,6-7,14-15,17H,4-5,8-13H2,(H,27,28). The number of aromatic nitrogens is 1. The fourth-order valence-electron chi connectivity index (χ4n) is 4.09. The number of piperidine rings is 1. The van der Waals surface area contributed by atoms with Crippen LogP contribution in [-0.4, -0.2) is 53.0 Å². The van der Waals surface area contributed by atoms with E-state index in [0.29, 0.717) is 31.5 Å². The van der Waals surface area contributed by atoms with Crippen LogP contribution in [0.25, 0.3) is 11.1 Å². The molecular weight excluding hydrogens is 354 g/mol. The summed E-state index contributed by atoms with van der Waals surface area (Å²) in [5.41, 5.74) is 2.52. The van der Waals surface area contributed by atoms with Gasteiger partial charge in [-0.05, 0) is 42.9 Å². The van der Waals surface area contributed by atoms with Gasteiger partial charge in [-0.3, -0.25) is 9.59 Å². The first kappa shape index (κ1) is 18.5. The van der Waals surface area contributed by atoms with Gasteiger partial charge in [0.15, 0.2) is 0 Å². The van der Waals surface area contributed by atoms with E-state index in [1.165, 1.54) is 0 Å². The highest BCUT2D eigenvalue weighted by atomic mass is 16.4. The van der Waals surface area contributed by atoms with Gasteiger partial charge >= 0.3 is 5.97 Å². The molecule has 2 aliphatic rings. The number of nitrogens with zero attached hydrogens (tertiary/aromatic N) is 3. The van der Waals surface area contributed by atoms with Crippen LogP contribution >= 0.6 is 0 Å². The van der Waals surface area contributed by atoms with Crippen LogP contribution in [-0.2, 0) is 4.79 Å². The summed E-state index contributed by atoms with van der Waals surface area (Å²) < 4.78 is 0. The summed E-state index contributed by atoms with van der Waals surface area (Å²) in [6, 6.07) is 11.9. The van der Waals surface area contributed by atoms with Gasteiger partial charge in [0.1, 0.15) is 5.82 Å². The zero-order chi connectivity index (χ0) is 19.5.